The molecule has 1 aliphatic rings. The van der Waals surface area contributed by atoms with E-state index in [1.54, 1.807) is 24.3 Å². The summed E-state index contributed by atoms with van der Waals surface area (Å²) in [7, 11) is 2.63. The molecule has 0 aliphatic carbocycles. The first kappa shape index (κ1) is 13.3. The summed E-state index contributed by atoms with van der Waals surface area (Å²) in [5.74, 6) is -0.567. The first-order valence-corrected chi connectivity index (χ1v) is 5.71. The normalized spacial score (nSPS) is 25.4. The highest BCUT2D eigenvalue weighted by molar-refractivity contribution is 5.79. The van der Waals surface area contributed by atoms with E-state index in [-0.39, 0.29) is 0 Å². The van der Waals surface area contributed by atoms with E-state index in [9.17, 15) is 15.2 Å². The van der Waals surface area contributed by atoms with Gasteiger partial charge in [0.1, 0.15) is 6.10 Å². The Kier molecular flexibility index (Phi) is 3.69. The molecule has 2 rings (SSSR count). The average molecular weight is 262 g/mol. The van der Waals surface area contributed by atoms with Crippen LogP contribution in [0.25, 0.3) is 0 Å². The van der Waals surface area contributed by atoms with Crippen molar-refractivity contribution in [3.8, 4) is 6.19 Å². The summed E-state index contributed by atoms with van der Waals surface area (Å²) in [5.41, 5.74) is 1.12. The number of nitrogens with zero attached hydrogens (tertiary/aromatic N) is 2. The van der Waals surface area contributed by atoms with E-state index in [1.165, 1.54) is 14.2 Å². The van der Waals surface area contributed by atoms with Crippen LogP contribution in [0.4, 0.5) is 0 Å². The summed E-state index contributed by atoms with van der Waals surface area (Å²) in [4.78, 5) is 13.0. The summed E-state index contributed by atoms with van der Waals surface area (Å²) in [6.45, 7) is 0. The SMILES string of the molecule is COC(=O)[C@H]1c2ccccc2[C@@H](O)[C@H](OC)N1C#N. The van der Waals surface area contributed by atoms with Gasteiger partial charge in [-0.3, -0.25) is 4.90 Å². The zero-order valence-electron chi connectivity index (χ0n) is 10.6. The van der Waals surface area contributed by atoms with Gasteiger partial charge in [0, 0.05) is 7.11 Å². The van der Waals surface area contributed by atoms with Gasteiger partial charge in [-0.2, -0.15) is 5.26 Å². The van der Waals surface area contributed by atoms with Crippen LogP contribution in [0.1, 0.15) is 23.3 Å². The molecule has 1 aromatic carbocycles. The molecule has 6 nitrogen and oxygen atoms in total. The average Bonchev–Trinajstić information content (AvgIpc) is 2.46. The van der Waals surface area contributed by atoms with Gasteiger partial charge in [-0.05, 0) is 11.1 Å². The van der Waals surface area contributed by atoms with Gasteiger partial charge < -0.3 is 14.6 Å². The molecule has 0 amide bonds. The predicted octanol–water partition coefficient (Wildman–Crippen LogP) is 0.703. The highest BCUT2D eigenvalue weighted by Gasteiger charge is 2.44. The van der Waals surface area contributed by atoms with Crippen molar-refractivity contribution >= 4 is 5.97 Å². The van der Waals surface area contributed by atoms with E-state index in [0.717, 1.165) is 4.90 Å². The lowest BCUT2D eigenvalue weighted by Gasteiger charge is -2.40. The Balaban J connectivity index is 2.59. The predicted molar refractivity (Wildman–Crippen MR) is 64.4 cm³/mol. The fourth-order valence-corrected chi connectivity index (χ4v) is 2.34. The maximum Gasteiger partial charge on any atom is 0.334 e. The molecule has 0 radical (unpaired) electrons. The second-order valence-electron chi connectivity index (χ2n) is 4.13. The standard InChI is InChI=1S/C13H14N2O4/c1-18-12-11(16)9-6-4-3-5-8(9)10(13(17)19-2)15(12)7-14/h3-6,10-12,16H,1-2H3/t10-,11-,12+/m1/s1. The van der Waals surface area contributed by atoms with Crippen LogP contribution >= 0.6 is 0 Å². The van der Waals surface area contributed by atoms with Crippen molar-refractivity contribution in [2.45, 2.75) is 18.4 Å². The van der Waals surface area contributed by atoms with Crippen molar-refractivity contribution in [2.75, 3.05) is 14.2 Å². The van der Waals surface area contributed by atoms with Crippen LogP contribution in [0, 0.1) is 11.5 Å². The number of rotatable bonds is 2. The molecular weight excluding hydrogens is 248 g/mol. The molecule has 0 fully saturated rings. The molecule has 0 saturated carbocycles. The topological polar surface area (TPSA) is 82.8 Å². The first-order valence-electron chi connectivity index (χ1n) is 5.71. The van der Waals surface area contributed by atoms with Crippen molar-refractivity contribution in [1.29, 1.82) is 5.26 Å². The van der Waals surface area contributed by atoms with Gasteiger partial charge in [0.25, 0.3) is 0 Å². The number of methoxy groups -OCH3 is 2. The van der Waals surface area contributed by atoms with E-state index in [1.807, 2.05) is 6.19 Å². The smallest absolute Gasteiger partial charge is 0.334 e. The van der Waals surface area contributed by atoms with E-state index in [4.69, 9.17) is 9.47 Å². The Morgan fingerprint density at radius 3 is 2.53 bits per heavy atom. The summed E-state index contributed by atoms with van der Waals surface area (Å²) in [5, 5.41) is 19.5. The van der Waals surface area contributed by atoms with E-state index < -0.39 is 24.3 Å². The number of fused-ring (bicyclic) bond motifs is 1. The van der Waals surface area contributed by atoms with Crippen LogP contribution in [0.15, 0.2) is 24.3 Å². The number of ether oxygens (including phenoxy) is 2. The third-order valence-corrected chi connectivity index (χ3v) is 3.21. The summed E-state index contributed by atoms with van der Waals surface area (Å²) < 4.78 is 9.87. The minimum absolute atomic E-state index is 0.553. The number of hydrogen-bond acceptors (Lipinski definition) is 6. The molecule has 1 N–H and O–H groups in total. The highest BCUT2D eigenvalue weighted by atomic mass is 16.5. The lowest BCUT2D eigenvalue weighted by Crippen LogP contribution is -2.47. The molecule has 0 spiro atoms. The largest absolute Gasteiger partial charge is 0.467 e. The number of benzene rings is 1. The lowest BCUT2D eigenvalue weighted by atomic mass is 9.90. The zero-order chi connectivity index (χ0) is 14.0. The van der Waals surface area contributed by atoms with Crippen LogP contribution in [0.3, 0.4) is 0 Å². The Bertz CT molecular complexity index is 526. The monoisotopic (exact) mass is 262 g/mol. The number of aliphatic hydroxyl groups is 1. The Labute approximate surface area is 110 Å². The molecule has 3 atom stereocenters. The van der Waals surface area contributed by atoms with Gasteiger partial charge in [-0.25, -0.2) is 4.79 Å². The number of carbonyl (C=O) groups excluding carboxylic acids is 1. The molecule has 0 bridgehead atoms. The Hall–Kier alpha value is -2.10. The summed E-state index contributed by atoms with van der Waals surface area (Å²) in [6, 6.07) is 5.99. The number of esters is 1. The minimum atomic E-state index is -0.998. The van der Waals surface area contributed by atoms with E-state index in [0.29, 0.717) is 11.1 Å². The number of hydrogen-bond donors (Lipinski definition) is 1. The molecule has 100 valence electrons. The molecule has 1 aliphatic heterocycles. The second kappa shape index (κ2) is 5.26. The van der Waals surface area contributed by atoms with Crippen LogP contribution in [-0.2, 0) is 14.3 Å². The fraction of sp³-hybridized carbons (Fsp3) is 0.385. The Morgan fingerprint density at radius 1 is 1.37 bits per heavy atom. The molecule has 0 unspecified atom stereocenters. The van der Waals surface area contributed by atoms with Crippen molar-refractivity contribution in [2.24, 2.45) is 0 Å². The van der Waals surface area contributed by atoms with Gasteiger partial charge in [-0.15, -0.1) is 0 Å². The van der Waals surface area contributed by atoms with Crippen LogP contribution in [-0.4, -0.2) is 36.4 Å². The molecule has 0 aromatic heterocycles. The first-order chi connectivity index (χ1) is 9.15. The third kappa shape index (κ3) is 2.03. The molecule has 6 heteroatoms. The van der Waals surface area contributed by atoms with Crippen LogP contribution < -0.4 is 0 Å². The maximum atomic E-state index is 11.9. The van der Waals surface area contributed by atoms with Gasteiger partial charge in [0.2, 0.25) is 0 Å². The minimum Gasteiger partial charge on any atom is -0.467 e. The van der Waals surface area contributed by atoms with Gasteiger partial charge in [0.05, 0.1) is 7.11 Å². The lowest BCUT2D eigenvalue weighted by molar-refractivity contribution is -0.159. The fourth-order valence-electron chi connectivity index (χ4n) is 2.34. The molecule has 1 heterocycles. The number of carbonyl (C=O) groups is 1. The second-order valence-corrected chi connectivity index (χ2v) is 4.13. The maximum absolute atomic E-state index is 11.9. The van der Waals surface area contributed by atoms with Gasteiger partial charge >= 0.3 is 5.97 Å². The van der Waals surface area contributed by atoms with Crippen LogP contribution in [0.2, 0.25) is 0 Å². The van der Waals surface area contributed by atoms with Crippen LogP contribution in [0.5, 0.6) is 0 Å². The molecule has 19 heavy (non-hydrogen) atoms. The third-order valence-electron chi connectivity index (χ3n) is 3.21. The quantitative estimate of drug-likeness (QED) is 0.624. The molecular formula is C13H14N2O4. The Morgan fingerprint density at radius 2 is 2.00 bits per heavy atom. The van der Waals surface area contributed by atoms with Crippen molar-refractivity contribution < 1.29 is 19.4 Å². The summed E-state index contributed by atoms with van der Waals surface area (Å²) in [6.07, 6.45) is -0.0223. The van der Waals surface area contributed by atoms with Gasteiger partial charge in [0.15, 0.2) is 18.5 Å². The molecule has 1 aromatic rings. The molecule has 0 saturated heterocycles. The summed E-state index contributed by atoms with van der Waals surface area (Å²) >= 11 is 0. The zero-order valence-corrected chi connectivity index (χ0v) is 10.6. The number of nitriles is 1. The van der Waals surface area contributed by atoms with E-state index in [2.05, 4.69) is 0 Å². The highest BCUT2D eigenvalue weighted by Crippen LogP contribution is 2.39. The van der Waals surface area contributed by atoms with Crippen molar-refractivity contribution in [1.82, 2.24) is 4.90 Å². The van der Waals surface area contributed by atoms with Crippen molar-refractivity contribution in [3.05, 3.63) is 35.4 Å². The number of aliphatic hydroxyl groups excluding tert-OH is 1. The van der Waals surface area contributed by atoms with Crippen molar-refractivity contribution in [3.63, 3.8) is 0 Å². The van der Waals surface area contributed by atoms with E-state index >= 15 is 0 Å². The van der Waals surface area contributed by atoms with Gasteiger partial charge in [-0.1, -0.05) is 24.3 Å².